The second kappa shape index (κ2) is 12.7. The minimum atomic E-state index is -0.258. The van der Waals surface area contributed by atoms with Crippen molar-refractivity contribution in [3.05, 3.63) is 34.7 Å². The van der Waals surface area contributed by atoms with Crippen molar-refractivity contribution in [2.75, 3.05) is 51.3 Å². The van der Waals surface area contributed by atoms with Gasteiger partial charge in [0.25, 0.3) is 5.91 Å². The number of furan rings is 1. The fourth-order valence-electron chi connectivity index (χ4n) is 3.67. The molecule has 0 bridgehead atoms. The molecule has 0 aliphatic carbocycles. The van der Waals surface area contributed by atoms with Crippen LogP contribution in [0.25, 0.3) is 0 Å². The molecule has 3 rings (SSSR count). The lowest BCUT2D eigenvalue weighted by molar-refractivity contribution is -0.131. The van der Waals surface area contributed by atoms with Gasteiger partial charge in [-0.2, -0.15) is 0 Å². The molecule has 2 aromatic heterocycles. The third-order valence-electron chi connectivity index (χ3n) is 5.63. The lowest BCUT2D eigenvalue weighted by Gasteiger charge is -2.30. The summed E-state index contributed by atoms with van der Waals surface area (Å²) in [5.74, 6) is 0.392. The largest absolute Gasteiger partial charge is 0.469 e. The normalized spacial score (nSPS) is 14.4. The molecular formula is C23H34N4O4S. The molecule has 0 unspecified atom stereocenters. The van der Waals surface area contributed by atoms with Crippen LogP contribution in [0.5, 0.6) is 0 Å². The van der Waals surface area contributed by atoms with Crippen LogP contribution in [0, 0.1) is 6.92 Å². The zero-order valence-electron chi connectivity index (χ0n) is 19.1. The quantitative estimate of drug-likeness (QED) is 0.485. The van der Waals surface area contributed by atoms with E-state index >= 15 is 0 Å². The summed E-state index contributed by atoms with van der Waals surface area (Å²) < 4.78 is 10.6. The van der Waals surface area contributed by atoms with E-state index in [9.17, 15) is 9.59 Å². The van der Waals surface area contributed by atoms with Crippen molar-refractivity contribution in [2.24, 2.45) is 0 Å². The molecule has 1 saturated heterocycles. The average Bonchev–Trinajstić information content (AvgIpc) is 3.42. The zero-order chi connectivity index (χ0) is 22.8. The first-order valence-corrected chi connectivity index (χ1v) is 12.3. The number of rotatable bonds is 12. The molecule has 3 heterocycles. The SMILES string of the molecule is CCCCCCN(CCN1CCOCC1)C(=O)Cc1csc(NC(=O)c2ccoc2C)n1. The van der Waals surface area contributed by atoms with E-state index in [4.69, 9.17) is 9.15 Å². The monoisotopic (exact) mass is 462 g/mol. The second-order valence-electron chi connectivity index (χ2n) is 8.06. The van der Waals surface area contributed by atoms with E-state index in [2.05, 4.69) is 22.1 Å². The van der Waals surface area contributed by atoms with E-state index in [0.29, 0.717) is 22.1 Å². The summed E-state index contributed by atoms with van der Waals surface area (Å²) in [5.41, 5.74) is 1.17. The summed E-state index contributed by atoms with van der Waals surface area (Å²) in [4.78, 5) is 34.2. The van der Waals surface area contributed by atoms with E-state index in [0.717, 1.165) is 58.8 Å². The second-order valence-corrected chi connectivity index (χ2v) is 8.92. The fraction of sp³-hybridized carbons (Fsp3) is 0.609. The van der Waals surface area contributed by atoms with Gasteiger partial charge in [0.2, 0.25) is 5.91 Å². The Morgan fingerprint density at radius 2 is 2.03 bits per heavy atom. The van der Waals surface area contributed by atoms with Gasteiger partial charge in [-0.05, 0) is 19.4 Å². The maximum atomic E-state index is 13.1. The molecule has 9 heteroatoms. The van der Waals surface area contributed by atoms with E-state index in [1.165, 1.54) is 30.4 Å². The summed E-state index contributed by atoms with van der Waals surface area (Å²) >= 11 is 1.33. The lowest BCUT2D eigenvalue weighted by atomic mass is 10.2. The standard InChI is InChI=1S/C23H34N4O4S/c1-3-4-5-6-8-27(10-9-26-11-14-30-15-12-26)21(28)16-19-17-32-23(24-19)25-22(29)20-7-13-31-18(20)2/h7,13,17H,3-6,8-12,14-16H2,1-2H3,(H,24,25,29). The highest BCUT2D eigenvalue weighted by Crippen LogP contribution is 2.19. The van der Waals surface area contributed by atoms with Crippen molar-refractivity contribution in [1.82, 2.24) is 14.8 Å². The molecule has 2 aromatic rings. The van der Waals surface area contributed by atoms with Crippen molar-refractivity contribution >= 4 is 28.3 Å². The molecule has 32 heavy (non-hydrogen) atoms. The van der Waals surface area contributed by atoms with Gasteiger partial charge in [0.15, 0.2) is 5.13 Å². The fourth-order valence-corrected chi connectivity index (χ4v) is 4.38. The van der Waals surface area contributed by atoms with E-state index in [1.807, 2.05) is 10.3 Å². The first-order chi connectivity index (χ1) is 15.6. The number of ether oxygens (including phenoxy) is 1. The zero-order valence-corrected chi connectivity index (χ0v) is 19.9. The molecule has 0 radical (unpaired) electrons. The maximum absolute atomic E-state index is 13.1. The van der Waals surface area contributed by atoms with Gasteiger partial charge in [-0.15, -0.1) is 11.3 Å². The molecule has 0 saturated carbocycles. The molecule has 0 spiro atoms. The van der Waals surface area contributed by atoms with Gasteiger partial charge in [-0.1, -0.05) is 26.2 Å². The van der Waals surface area contributed by atoms with Crippen molar-refractivity contribution < 1.29 is 18.7 Å². The molecular weight excluding hydrogens is 428 g/mol. The van der Waals surface area contributed by atoms with Crippen LogP contribution < -0.4 is 5.32 Å². The molecule has 8 nitrogen and oxygen atoms in total. The number of carbonyl (C=O) groups excluding carboxylic acids is 2. The summed E-state index contributed by atoms with van der Waals surface area (Å²) in [5, 5.41) is 5.12. The van der Waals surface area contributed by atoms with E-state index in [1.54, 1.807) is 13.0 Å². The minimum Gasteiger partial charge on any atom is -0.469 e. The van der Waals surface area contributed by atoms with Crippen LogP contribution in [0.4, 0.5) is 5.13 Å². The van der Waals surface area contributed by atoms with Crippen molar-refractivity contribution in [1.29, 1.82) is 0 Å². The number of nitrogens with one attached hydrogen (secondary N) is 1. The summed E-state index contributed by atoms with van der Waals surface area (Å²) in [6, 6.07) is 1.63. The highest BCUT2D eigenvalue weighted by Gasteiger charge is 2.19. The van der Waals surface area contributed by atoms with Gasteiger partial charge in [0.1, 0.15) is 5.76 Å². The molecule has 0 aromatic carbocycles. The number of morpholine rings is 1. The van der Waals surface area contributed by atoms with Gasteiger partial charge in [-0.3, -0.25) is 19.8 Å². The third-order valence-corrected chi connectivity index (χ3v) is 6.44. The first kappa shape index (κ1) is 24.4. The number of aromatic nitrogens is 1. The van der Waals surface area contributed by atoms with E-state index < -0.39 is 0 Å². The van der Waals surface area contributed by atoms with Crippen molar-refractivity contribution in [3.63, 3.8) is 0 Å². The van der Waals surface area contributed by atoms with Crippen molar-refractivity contribution in [3.8, 4) is 0 Å². The predicted molar refractivity (Wildman–Crippen MR) is 125 cm³/mol. The molecule has 1 aliphatic heterocycles. The summed E-state index contributed by atoms with van der Waals surface area (Å²) in [6.45, 7) is 9.65. The highest BCUT2D eigenvalue weighted by molar-refractivity contribution is 7.14. The van der Waals surface area contributed by atoms with Gasteiger partial charge < -0.3 is 14.1 Å². The number of unbranched alkanes of at least 4 members (excludes halogenated alkanes) is 3. The first-order valence-electron chi connectivity index (χ1n) is 11.4. The number of hydrogen-bond donors (Lipinski definition) is 1. The number of amides is 2. The van der Waals surface area contributed by atoms with Crippen LogP contribution in [0.1, 0.15) is 54.4 Å². The number of aryl methyl sites for hydroxylation is 1. The van der Waals surface area contributed by atoms with Gasteiger partial charge in [0.05, 0.1) is 37.2 Å². The third kappa shape index (κ3) is 7.43. The lowest BCUT2D eigenvalue weighted by Crippen LogP contribution is -2.43. The van der Waals surface area contributed by atoms with Crippen LogP contribution >= 0.6 is 11.3 Å². The molecule has 176 valence electrons. The Kier molecular flexibility index (Phi) is 9.70. The number of carbonyl (C=O) groups is 2. The summed E-state index contributed by atoms with van der Waals surface area (Å²) in [6.07, 6.45) is 6.25. The molecule has 1 aliphatic rings. The van der Waals surface area contributed by atoms with Gasteiger partial charge in [0, 0.05) is 38.1 Å². The summed E-state index contributed by atoms with van der Waals surface area (Å²) in [7, 11) is 0. The van der Waals surface area contributed by atoms with Gasteiger partial charge >= 0.3 is 0 Å². The minimum absolute atomic E-state index is 0.0867. The topological polar surface area (TPSA) is 87.9 Å². The Hall–Kier alpha value is -2.23. The van der Waals surface area contributed by atoms with E-state index in [-0.39, 0.29) is 18.2 Å². The van der Waals surface area contributed by atoms with Gasteiger partial charge in [-0.25, -0.2) is 4.98 Å². The maximum Gasteiger partial charge on any atom is 0.260 e. The smallest absolute Gasteiger partial charge is 0.260 e. The molecule has 1 fully saturated rings. The van der Waals surface area contributed by atoms with Crippen LogP contribution in [-0.4, -0.2) is 72.5 Å². The number of thiazole rings is 1. The molecule has 2 amide bonds. The Balaban J connectivity index is 1.54. The highest BCUT2D eigenvalue weighted by atomic mass is 32.1. The number of hydrogen-bond acceptors (Lipinski definition) is 7. The Labute approximate surface area is 193 Å². The Bertz CT molecular complexity index is 860. The molecule has 1 N–H and O–H groups in total. The van der Waals surface area contributed by atoms with Crippen LogP contribution in [0.15, 0.2) is 22.1 Å². The predicted octanol–water partition coefficient (Wildman–Crippen LogP) is 3.58. The molecule has 0 atom stereocenters. The Morgan fingerprint density at radius 1 is 1.22 bits per heavy atom. The average molecular weight is 463 g/mol. The number of nitrogens with zero attached hydrogens (tertiary/aromatic N) is 3. The van der Waals surface area contributed by atoms with Crippen LogP contribution in [-0.2, 0) is 16.0 Å². The Morgan fingerprint density at radius 3 is 2.75 bits per heavy atom. The van der Waals surface area contributed by atoms with Crippen LogP contribution in [0.3, 0.4) is 0 Å². The van der Waals surface area contributed by atoms with Crippen LogP contribution in [0.2, 0.25) is 0 Å². The van der Waals surface area contributed by atoms with Crippen molar-refractivity contribution in [2.45, 2.75) is 46.0 Å². The number of anilines is 1.